The van der Waals surface area contributed by atoms with Gasteiger partial charge < -0.3 is 10.5 Å². The van der Waals surface area contributed by atoms with Crippen molar-refractivity contribution >= 4 is 0 Å². The summed E-state index contributed by atoms with van der Waals surface area (Å²) >= 11 is 0. The Morgan fingerprint density at radius 3 is 3.13 bits per heavy atom. The Bertz CT molecular complexity index is 333. The van der Waals surface area contributed by atoms with Crippen molar-refractivity contribution in [3.05, 3.63) is 29.3 Å². The number of benzene rings is 1. The van der Waals surface area contributed by atoms with Crippen molar-refractivity contribution in [2.75, 3.05) is 6.61 Å². The molecule has 1 aromatic carbocycles. The number of nitrogens with two attached hydrogens (primary N) is 1. The summed E-state index contributed by atoms with van der Waals surface area (Å²) in [7, 11) is 0. The smallest absolute Gasteiger partial charge is 0.122 e. The lowest BCUT2D eigenvalue weighted by Crippen LogP contribution is -2.14. The normalized spacial score (nSPS) is 15.9. The van der Waals surface area contributed by atoms with Crippen LogP contribution in [0.5, 0.6) is 5.75 Å². The first-order chi connectivity index (χ1) is 7.25. The molecule has 1 aromatic rings. The number of hydrogen-bond acceptors (Lipinski definition) is 2. The van der Waals surface area contributed by atoms with Gasteiger partial charge in [0.05, 0.1) is 6.61 Å². The Morgan fingerprint density at radius 2 is 2.33 bits per heavy atom. The van der Waals surface area contributed by atoms with E-state index in [1.54, 1.807) is 0 Å². The van der Waals surface area contributed by atoms with Crippen LogP contribution in [0.25, 0.3) is 0 Å². The fourth-order valence-corrected chi connectivity index (χ4v) is 2.02. The van der Waals surface area contributed by atoms with Gasteiger partial charge in [-0.1, -0.05) is 12.1 Å². The van der Waals surface area contributed by atoms with Crippen LogP contribution in [0.2, 0.25) is 0 Å². The third-order valence-corrected chi connectivity index (χ3v) is 2.88. The Labute approximate surface area is 91.4 Å². The molecule has 2 rings (SSSR count). The molecule has 82 valence electrons. The van der Waals surface area contributed by atoms with Gasteiger partial charge in [0, 0.05) is 12.5 Å². The highest BCUT2D eigenvalue weighted by molar-refractivity contribution is 5.39. The van der Waals surface area contributed by atoms with Crippen molar-refractivity contribution in [1.82, 2.24) is 0 Å². The van der Waals surface area contributed by atoms with Gasteiger partial charge in [-0.2, -0.15) is 0 Å². The van der Waals surface area contributed by atoms with Gasteiger partial charge in [0.15, 0.2) is 0 Å². The van der Waals surface area contributed by atoms with Crippen LogP contribution in [0.15, 0.2) is 18.2 Å². The molecule has 2 N–H and O–H groups in total. The van der Waals surface area contributed by atoms with Crippen molar-refractivity contribution in [3.63, 3.8) is 0 Å². The lowest BCUT2D eigenvalue weighted by atomic mass is 10.0. The van der Waals surface area contributed by atoms with Gasteiger partial charge in [-0.3, -0.25) is 0 Å². The largest absolute Gasteiger partial charge is 0.493 e. The molecule has 0 radical (unpaired) electrons. The molecule has 1 heterocycles. The molecule has 0 unspecified atom stereocenters. The molecule has 2 nitrogen and oxygen atoms in total. The Balaban J connectivity index is 1.92. The van der Waals surface area contributed by atoms with Crippen LogP contribution in [-0.4, -0.2) is 12.6 Å². The second-order valence-corrected chi connectivity index (χ2v) is 4.41. The van der Waals surface area contributed by atoms with Crippen LogP contribution in [0, 0.1) is 0 Å². The fourth-order valence-electron chi connectivity index (χ4n) is 2.02. The number of aryl methyl sites for hydroxylation is 1. The molecular formula is C13H19NO. The average Bonchev–Trinajstić information content (AvgIpc) is 2.64. The maximum Gasteiger partial charge on any atom is 0.122 e. The Kier molecular flexibility index (Phi) is 3.27. The van der Waals surface area contributed by atoms with Crippen LogP contribution in [0.3, 0.4) is 0 Å². The summed E-state index contributed by atoms with van der Waals surface area (Å²) < 4.78 is 5.48. The lowest BCUT2D eigenvalue weighted by Gasteiger charge is -2.06. The second kappa shape index (κ2) is 4.67. The first-order valence-electron chi connectivity index (χ1n) is 5.76. The van der Waals surface area contributed by atoms with Crippen LogP contribution >= 0.6 is 0 Å². The van der Waals surface area contributed by atoms with E-state index in [0.717, 1.165) is 31.6 Å². The number of ether oxygens (including phenoxy) is 1. The molecule has 1 aliphatic heterocycles. The molecular weight excluding hydrogens is 186 g/mol. The summed E-state index contributed by atoms with van der Waals surface area (Å²) in [5.74, 6) is 1.07. The maximum atomic E-state index is 5.73. The maximum absolute atomic E-state index is 5.73. The van der Waals surface area contributed by atoms with Crippen molar-refractivity contribution in [1.29, 1.82) is 0 Å². The Morgan fingerprint density at radius 1 is 1.47 bits per heavy atom. The van der Waals surface area contributed by atoms with E-state index in [9.17, 15) is 0 Å². The van der Waals surface area contributed by atoms with E-state index >= 15 is 0 Å². The highest BCUT2D eigenvalue weighted by atomic mass is 16.5. The minimum absolute atomic E-state index is 0.322. The molecule has 15 heavy (non-hydrogen) atoms. The molecule has 0 saturated heterocycles. The van der Waals surface area contributed by atoms with Crippen molar-refractivity contribution in [3.8, 4) is 5.75 Å². The average molecular weight is 205 g/mol. The minimum atomic E-state index is 0.322. The van der Waals surface area contributed by atoms with Crippen LogP contribution in [0.1, 0.15) is 30.9 Å². The molecule has 0 fully saturated rings. The van der Waals surface area contributed by atoms with Gasteiger partial charge in [0.2, 0.25) is 0 Å². The highest BCUT2D eigenvalue weighted by Crippen LogP contribution is 2.26. The number of rotatable bonds is 4. The van der Waals surface area contributed by atoms with E-state index in [1.165, 1.54) is 17.5 Å². The van der Waals surface area contributed by atoms with E-state index < -0.39 is 0 Å². The third kappa shape index (κ3) is 2.72. The molecule has 0 aliphatic carbocycles. The standard InChI is InChI=1S/C13H19NO/c1-10(14)3-2-4-11-5-6-13-12(9-11)7-8-15-13/h5-6,9-10H,2-4,7-8,14H2,1H3/t10-/m1/s1. The van der Waals surface area contributed by atoms with Gasteiger partial charge in [0.25, 0.3) is 0 Å². The summed E-state index contributed by atoms with van der Waals surface area (Å²) in [4.78, 5) is 0. The molecule has 0 spiro atoms. The highest BCUT2D eigenvalue weighted by Gasteiger charge is 2.11. The third-order valence-electron chi connectivity index (χ3n) is 2.88. The first-order valence-corrected chi connectivity index (χ1v) is 5.76. The van der Waals surface area contributed by atoms with Gasteiger partial charge in [0.1, 0.15) is 5.75 Å². The molecule has 0 bridgehead atoms. The van der Waals surface area contributed by atoms with Crippen molar-refractivity contribution < 1.29 is 4.74 Å². The van der Waals surface area contributed by atoms with Crippen LogP contribution < -0.4 is 10.5 Å². The molecule has 1 aliphatic rings. The molecule has 2 heteroatoms. The van der Waals surface area contributed by atoms with Crippen molar-refractivity contribution in [2.45, 2.75) is 38.6 Å². The SMILES string of the molecule is C[C@@H](N)CCCc1ccc2c(c1)CCO2. The molecule has 0 aromatic heterocycles. The second-order valence-electron chi connectivity index (χ2n) is 4.41. The monoisotopic (exact) mass is 205 g/mol. The zero-order valence-corrected chi connectivity index (χ0v) is 9.33. The van der Waals surface area contributed by atoms with E-state index in [1.807, 2.05) is 0 Å². The summed E-state index contributed by atoms with van der Waals surface area (Å²) in [5.41, 5.74) is 8.51. The van der Waals surface area contributed by atoms with E-state index in [2.05, 4.69) is 25.1 Å². The van der Waals surface area contributed by atoms with E-state index in [-0.39, 0.29) is 0 Å². The van der Waals surface area contributed by atoms with Gasteiger partial charge in [-0.15, -0.1) is 0 Å². The molecule has 0 amide bonds. The predicted octanol–water partition coefficient (Wildman–Crippen LogP) is 2.29. The quantitative estimate of drug-likeness (QED) is 0.818. The van der Waals surface area contributed by atoms with Crippen LogP contribution in [0.4, 0.5) is 0 Å². The van der Waals surface area contributed by atoms with Gasteiger partial charge >= 0.3 is 0 Å². The minimum Gasteiger partial charge on any atom is -0.493 e. The summed E-state index contributed by atoms with van der Waals surface area (Å²) in [5, 5.41) is 0. The Hall–Kier alpha value is -1.02. The summed E-state index contributed by atoms with van der Waals surface area (Å²) in [6.45, 7) is 2.91. The van der Waals surface area contributed by atoms with Gasteiger partial charge in [-0.05, 0) is 43.4 Å². The lowest BCUT2D eigenvalue weighted by molar-refractivity contribution is 0.357. The summed E-state index contributed by atoms with van der Waals surface area (Å²) in [6.07, 6.45) is 4.48. The number of hydrogen-bond donors (Lipinski definition) is 1. The van der Waals surface area contributed by atoms with Gasteiger partial charge in [-0.25, -0.2) is 0 Å². The molecule has 1 atom stereocenters. The zero-order chi connectivity index (χ0) is 10.7. The fraction of sp³-hybridized carbons (Fsp3) is 0.538. The molecule has 0 saturated carbocycles. The first kappa shape index (κ1) is 10.5. The van der Waals surface area contributed by atoms with Crippen molar-refractivity contribution in [2.24, 2.45) is 5.73 Å². The number of fused-ring (bicyclic) bond motifs is 1. The zero-order valence-electron chi connectivity index (χ0n) is 9.33. The topological polar surface area (TPSA) is 35.2 Å². The summed E-state index contributed by atoms with van der Waals surface area (Å²) in [6, 6.07) is 6.88. The van der Waals surface area contributed by atoms with Crippen LogP contribution in [-0.2, 0) is 12.8 Å². The predicted molar refractivity (Wildman–Crippen MR) is 62.2 cm³/mol. The van der Waals surface area contributed by atoms with E-state index in [0.29, 0.717) is 6.04 Å². The van der Waals surface area contributed by atoms with E-state index in [4.69, 9.17) is 10.5 Å².